The van der Waals surface area contributed by atoms with Crippen molar-refractivity contribution in [3.05, 3.63) is 65.7 Å². The molecule has 2 heterocycles. The van der Waals surface area contributed by atoms with E-state index in [9.17, 15) is 9.18 Å². The standard InChI is InChI=1S/C17H18FN3O/c18-14-6-2-1-5-13(14)17-15(7-8-16(22)21-17)20-11-12-4-3-9-19-10-12/h1-6,9-10,15,17,20H,7-8,11H2,(H,21,22)/t15-,17+/m1/s1. The van der Waals surface area contributed by atoms with Gasteiger partial charge in [0, 0.05) is 37.0 Å². The molecular weight excluding hydrogens is 281 g/mol. The summed E-state index contributed by atoms with van der Waals surface area (Å²) in [6, 6.07) is 10.1. The third-order valence-electron chi connectivity index (χ3n) is 3.93. The number of hydrogen-bond acceptors (Lipinski definition) is 3. The molecule has 2 aromatic rings. The van der Waals surface area contributed by atoms with E-state index in [2.05, 4.69) is 15.6 Å². The van der Waals surface area contributed by atoms with Gasteiger partial charge in [-0.3, -0.25) is 9.78 Å². The molecule has 0 aliphatic carbocycles. The number of pyridine rings is 1. The fourth-order valence-electron chi connectivity index (χ4n) is 2.79. The number of nitrogens with zero attached hydrogens (tertiary/aromatic N) is 1. The van der Waals surface area contributed by atoms with Crippen LogP contribution >= 0.6 is 0 Å². The van der Waals surface area contributed by atoms with Crippen molar-refractivity contribution in [3.63, 3.8) is 0 Å². The lowest BCUT2D eigenvalue weighted by atomic mass is 9.91. The van der Waals surface area contributed by atoms with Crippen LogP contribution in [0.2, 0.25) is 0 Å². The molecule has 1 aliphatic rings. The molecule has 1 aromatic carbocycles. The van der Waals surface area contributed by atoms with Gasteiger partial charge in [-0.2, -0.15) is 0 Å². The van der Waals surface area contributed by atoms with E-state index >= 15 is 0 Å². The predicted molar refractivity (Wildman–Crippen MR) is 81.4 cm³/mol. The van der Waals surface area contributed by atoms with Gasteiger partial charge < -0.3 is 10.6 Å². The lowest BCUT2D eigenvalue weighted by Gasteiger charge is -2.33. The second-order valence-corrected chi connectivity index (χ2v) is 5.45. The summed E-state index contributed by atoms with van der Waals surface area (Å²) >= 11 is 0. The maximum absolute atomic E-state index is 14.0. The van der Waals surface area contributed by atoms with Crippen molar-refractivity contribution in [3.8, 4) is 0 Å². The molecule has 1 saturated heterocycles. The van der Waals surface area contributed by atoms with E-state index in [1.54, 1.807) is 30.6 Å². The molecule has 2 atom stereocenters. The van der Waals surface area contributed by atoms with Crippen molar-refractivity contribution >= 4 is 5.91 Å². The number of aromatic nitrogens is 1. The predicted octanol–water partition coefficient (Wildman–Crippen LogP) is 2.33. The molecule has 0 saturated carbocycles. The summed E-state index contributed by atoms with van der Waals surface area (Å²) < 4.78 is 14.0. The summed E-state index contributed by atoms with van der Waals surface area (Å²) in [6.45, 7) is 0.638. The average Bonchev–Trinajstić information content (AvgIpc) is 2.55. The first kappa shape index (κ1) is 14.7. The van der Waals surface area contributed by atoms with E-state index in [1.165, 1.54) is 6.07 Å². The molecule has 0 bridgehead atoms. The maximum Gasteiger partial charge on any atom is 0.220 e. The van der Waals surface area contributed by atoms with Crippen LogP contribution in [0.25, 0.3) is 0 Å². The molecule has 0 unspecified atom stereocenters. The molecule has 1 amide bonds. The Morgan fingerprint density at radius 2 is 2.14 bits per heavy atom. The number of nitrogens with one attached hydrogen (secondary N) is 2. The summed E-state index contributed by atoms with van der Waals surface area (Å²) in [7, 11) is 0. The van der Waals surface area contributed by atoms with Crippen LogP contribution in [-0.4, -0.2) is 16.9 Å². The molecule has 2 N–H and O–H groups in total. The smallest absolute Gasteiger partial charge is 0.220 e. The van der Waals surface area contributed by atoms with E-state index in [1.807, 2.05) is 12.1 Å². The van der Waals surface area contributed by atoms with Crippen molar-refractivity contribution in [2.24, 2.45) is 0 Å². The first-order valence-electron chi connectivity index (χ1n) is 7.40. The Kier molecular flexibility index (Phi) is 4.44. The number of carbonyl (C=O) groups excluding carboxylic acids is 1. The van der Waals surface area contributed by atoms with E-state index in [0.717, 1.165) is 5.56 Å². The van der Waals surface area contributed by atoms with Gasteiger partial charge in [0.2, 0.25) is 5.91 Å². The third-order valence-corrected chi connectivity index (χ3v) is 3.93. The molecule has 4 nitrogen and oxygen atoms in total. The molecule has 114 valence electrons. The number of hydrogen-bond donors (Lipinski definition) is 2. The molecule has 1 aliphatic heterocycles. The Labute approximate surface area is 128 Å². The van der Waals surface area contributed by atoms with Crippen molar-refractivity contribution < 1.29 is 9.18 Å². The first-order chi connectivity index (χ1) is 10.7. The van der Waals surface area contributed by atoms with Crippen LogP contribution in [0.4, 0.5) is 4.39 Å². The maximum atomic E-state index is 14.0. The van der Waals surface area contributed by atoms with Gasteiger partial charge in [0.1, 0.15) is 5.82 Å². The summed E-state index contributed by atoms with van der Waals surface area (Å²) in [5.74, 6) is -0.324. The fraction of sp³-hybridized carbons (Fsp3) is 0.294. The highest BCUT2D eigenvalue weighted by Crippen LogP contribution is 2.26. The summed E-state index contributed by atoms with van der Waals surface area (Å²) in [5.41, 5.74) is 1.59. The van der Waals surface area contributed by atoms with Crippen molar-refractivity contribution in [1.82, 2.24) is 15.6 Å². The Balaban J connectivity index is 1.76. The number of piperidine rings is 1. The SMILES string of the molecule is O=C1CC[C@@H](NCc2cccnc2)[C@H](c2ccccc2F)N1. The lowest BCUT2D eigenvalue weighted by Crippen LogP contribution is -2.48. The minimum atomic E-state index is -0.348. The topological polar surface area (TPSA) is 54.0 Å². The highest BCUT2D eigenvalue weighted by molar-refractivity contribution is 5.77. The van der Waals surface area contributed by atoms with E-state index in [-0.39, 0.29) is 23.8 Å². The number of rotatable bonds is 4. The van der Waals surface area contributed by atoms with Crippen LogP contribution < -0.4 is 10.6 Å². The van der Waals surface area contributed by atoms with Crippen LogP contribution in [-0.2, 0) is 11.3 Å². The fourth-order valence-corrected chi connectivity index (χ4v) is 2.79. The van der Waals surface area contributed by atoms with Crippen LogP contribution in [0, 0.1) is 5.82 Å². The second kappa shape index (κ2) is 6.66. The van der Waals surface area contributed by atoms with Gasteiger partial charge in [-0.1, -0.05) is 24.3 Å². The van der Waals surface area contributed by atoms with Crippen LogP contribution in [0.3, 0.4) is 0 Å². The Morgan fingerprint density at radius 3 is 2.91 bits per heavy atom. The molecule has 22 heavy (non-hydrogen) atoms. The van der Waals surface area contributed by atoms with Crippen LogP contribution in [0.15, 0.2) is 48.8 Å². The largest absolute Gasteiger partial charge is 0.348 e. The lowest BCUT2D eigenvalue weighted by molar-refractivity contribution is -0.123. The monoisotopic (exact) mass is 299 g/mol. The molecular formula is C17H18FN3O. The van der Waals surface area contributed by atoms with Gasteiger partial charge in [0.25, 0.3) is 0 Å². The first-order valence-corrected chi connectivity index (χ1v) is 7.40. The number of benzene rings is 1. The molecule has 1 fully saturated rings. The highest BCUT2D eigenvalue weighted by Gasteiger charge is 2.31. The normalized spacial score (nSPS) is 21.4. The molecule has 0 spiro atoms. The Hall–Kier alpha value is -2.27. The quantitative estimate of drug-likeness (QED) is 0.911. The average molecular weight is 299 g/mol. The van der Waals surface area contributed by atoms with Crippen molar-refractivity contribution in [2.45, 2.75) is 31.5 Å². The van der Waals surface area contributed by atoms with Gasteiger partial charge in [0.05, 0.1) is 6.04 Å². The third kappa shape index (κ3) is 3.31. The number of halogens is 1. The van der Waals surface area contributed by atoms with Gasteiger partial charge in [-0.15, -0.1) is 0 Å². The highest BCUT2D eigenvalue weighted by atomic mass is 19.1. The van der Waals surface area contributed by atoms with E-state index < -0.39 is 0 Å². The van der Waals surface area contributed by atoms with Gasteiger partial charge in [-0.25, -0.2) is 4.39 Å². The molecule has 5 heteroatoms. The van der Waals surface area contributed by atoms with Gasteiger partial charge >= 0.3 is 0 Å². The molecule has 3 rings (SSSR count). The second-order valence-electron chi connectivity index (χ2n) is 5.45. The summed E-state index contributed by atoms with van der Waals surface area (Å²) in [4.78, 5) is 15.8. The Bertz CT molecular complexity index is 647. The minimum Gasteiger partial charge on any atom is -0.348 e. The number of amides is 1. The zero-order valence-electron chi connectivity index (χ0n) is 12.1. The summed E-state index contributed by atoms with van der Waals surface area (Å²) in [6.07, 6.45) is 4.67. The van der Waals surface area contributed by atoms with E-state index in [0.29, 0.717) is 24.9 Å². The minimum absolute atomic E-state index is 0.00481. The molecule has 1 aromatic heterocycles. The zero-order chi connectivity index (χ0) is 15.4. The Morgan fingerprint density at radius 1 is 1.27 bits per heavy atom. The van der Waals surface area contributed by atoms with Crippen LogP contribution in [0.1, 0.15) is 30.0 Å². The molecule has 0 radical (unpaired) electrons. The summed E-state index contributed by atoms with van der Waals surface area (Å²) in [5, 5.41) is 6.32. The van der Waals surface area contributed by atoms with Crippen LogP contribution in [0.5, 0.6) is 0 Å². The van der Waals surface area contributed by atoms with E-state index in [4.69, 9.17) is 0 Å². The van der Waals surface area contributed by atoms with Gasteiger partial charge in [-0.05, 0) is 24.1 Å². The van der Waals surface area contributed by atoms with Gasteiger partial charge in [0.15, 0.2) is 0 Å². The van der Waals surface area contributed by atoms with Crippen molar-refractivity contribution in [2.75, 3.05) is 0 Å². The van der Waals surface area contributed by atoms with Crippen molar-refractivity contribution in [1.29, 1.82) is 0 Å². The zero-order valence-corrected chi connectivity index (χ0v) is 12.1. The number of carbonyl (C=O) groups is 1.